The number of hydrogen-bond donors (Lipinski definition) is 1. The predicted octanol–water partition coefficient (Wildman–Crippen LogP) is 2.42. The predicted molar refractivity (Wildman–Crippen MR) is 106 cm³/mol. The van der Waals surface area contributed by atoms with Crippen molar-refractivity contribution in [1.29, 1.82) is 0 Å². The molecular formula is C21H19ClNNaO3. The first kappa shape index (κ1) is 21.5. The van der Waals surface area contributed by atoms with Gasteiger partial charge in [-0.1, -0.05) is 35.9 Å². The summed E-state index contributed by atoms with van der Waals surface area (Å²) in [5.74, 6) is -0.481. The molecule has 0 saturated heterocycles. The van der Waals surface area contributed by atoms with Crippen LogP contribution < -0.4 is 34.3 Å². The first-order valence-corrected chi connectivity index (χ1v) is 8.55. The third-order valence-corrected chi connectivity index (χ3v) is 4.23. The van der Waals surface area contributed by atoms with Crippen LogP contribution in [-0.2, 0) is 4.79 Å². The third kappa shape index (κ3) is 5.56. The molecular weight excluding hydrogens is 373 g/mol. The van der Waals surface area contributed by atoms with E-state index in [1.54, 1.807) is 6.07 Å². The summed E-state index contributed by atoms with van der Waals surface area (Å²) in [6, 6.07) is 16.9. The number of aliphatic carboxylic acids is 1. The number of carbonyl (C=O) groups is 1. The molecule has 1 heterocycles. The summed E-state index contributed by atoms with van der Waals surface area (Å²) in [7, 11) is 0. The molecule has 134 valence electrons. The molecule has 0 aliphatic carbocycles. The topological polar surface area (TPSA) is 59.4 Å². The summed E-state index contributed by atoms with van der Waals surface area (Å²) < 4.78 is 5.43. The number of nitrogens with zero attached hydrogens (tertiary/aromatic N) is 1. The molecule has 0 aliphatic rings. The van der Waals surface area contributed by atoms with Crippen molar-refractivity contribution in [3.63, 3.8) is 0 Å². The number of benzene rings is 2. The van der Waals surface area contributed by atoms with Crippen molar-refractivity contribution in [3.05, 3.63) is 70.9 Å². The van der Waals surface area contributed by atoms with Gasteiger partial charge in [0.25, 0.3) is 0 Å². The summed E-state index contributed by atoms with van der Waals surface area (Å²) in [4.78, 5) is 15.6. The molecule has 6 heteroatoms. The Hall–Kier alpha value is -1.85. The maximum Gasteiger partial charge on any atom is 1.00 e. The van der Waals surface area contributed by atoms with Crippen molar-refractivity contribution in [2.24, 2.45) is 0 Å². The van der Waals surface area contributed by atoms with Crippen LogP contribution in [-0.4, -0.2) is 22.2 Å². The molecule has 0 fully saturated rings. The fraction of sp³-hybridized carbons (Fsp3) is 0.143. The van der Waals surface area contributed by atoms with E-state index in [1.165, 1.54) is 6.92 Å². The van der Waals surface area contributed by atoms with Gasteiger partial charge in [-0.2, -0.15) is 0 Å². The molecule has 2 aromatic carbocycles. The minimum Gasteiger partial charge on any atom is -1.00 e. The summed E-state index contributed by atoms with van der Waals surface area (Å²) in [6.07, 6.45) is 1.07. The number of allylic oxidation sites excluding steroid dienone is 1. The van der Waals surface area contributed by atoms with E-state index in [0.29, 0.717) is 10.8 Å². The van der Waals surface area contributed by atoms with E-state index < -0.39 is 12.1 Å². The van der Waals surface area contributed by atoms with E-state index >= 15 is 0 Å². The van der Waals surface area contributed by atoms with Gasteiger partial charge in [0.1, 0.15) is 5.75 Å². The van der Waals surface area contributed by atoms with Crippen LogP contribution in [0.4, 0.5) is 0 Å². The van der Waals surface area contributed by atoms with Crippen LogP contribution in [0.3, 0.4) is 0 Å². The zero-order chi connectivity index (χ0) is 18.7. The summed E-state index contributed by atoms with van der Waals surface area (Å²) in [6.45, 7) is 3.48. The van der Waals surface area contributed by atoms with E-state index in [4.69, 9.17) is 21.4 Å². The van der Waals surface area contributed by atoms with Crippen molar-refractivity contribution >= 4 is 40.1 Å². The number of hydrogen-bond acceptors (Lipinski definition) is 3. The van der Waals surface area contributed by atoms with E-state index in [2.05, 4.69) is 4.98 Å². The molecule has 4 nitrogen and oxygen atoms in total. The van der Waals surface area contributed by atoms with Gasteiger partial charge in [0.05, 0.1) is 11.2 Å². The normalized spacial score (nSPS) is 12.3. The minimum atomic E-state index is -0.998. The Kier molecular flexibility index (Phi) is 7.45. The van der Waals surface area contributed by atoms with Crippen LogP contribution in [0.2, 0.25) is 5.02 Å². The Bertz CT molecular complexity index is 1010. The van der Waals surface area contributed by atoms with Gasteiger partial charge in [0, 0.05) is 10.4 Å². The number of halogens is 1. The molecule has 0 radical (unpaired) electrons. The second-order valence-electron chi connectivity index (χ2n) is 6.03. The number of carboxylic acid groups (broad SMARTS) is 1. The van der Waals surface area contributed by atoms with Crippen LogP contribution >= 0.6 is 11.6 Å². The van der Waals surface area contributed by atoms with Gasteiger partial charge in [-0.05, 0) is 61.4 Å². The summed E-state index contributed by atoms with van der Waals surface area (Å²) in [5.41, 5.74) is 3.59. The quantitative estimate of drug-likeness (QED) is 0.679. The Morgan fingerprint density at radius 3 is 2.70 bits per heavy atom. The van der Waals surface area contributed by atoms with E-state index in [-0.39, 0.29) is 31.0 Å². The fourth-order valence-electron chi connectivity index (χ4n) is 2.56. The first-order valence-electron chi connectivity index (χ1n) is 8.17. The van der Waals surface area contributed by atoms with Crippen LogP contribution in [0.1, 0.15) is 26.5 Å². The fourth-order valence-corrected chi connectivity index (χ4v) is 2.73. The molecule has 0 bridgehead atoms. The first-order chi connectivity index (χ1) is 12.4. The van der Waals surface area contributed by atoms with Crippen molar-refractivity contribution in [1.82, 2.24) is 4.98 Å². The molecule has 1 N–H and O–H groups in total. The molecule has 3 aromatic rings. The maximum atomic E-state index is 10.9. The zero-order valence-corrected chi connectivity index (χ0v) is 18.2. The maximum absolute atomic E-state index is 10.9. The zero-order valence-electron chi connectivity index (χ0n) is 16.4. The number of rotatable bonds is 5. The number of carboxylic acids is 1. The SMILES string of the molecule is C/C(=C\c1ccc2ccc(Cl)cc2n1)c1cccc(OC(C)C(=O)O)c1.[H-].[Na+]. The second-order valence-corrected chi connectivity index (χ2v) is 6.46. The van der Waals surface area contributed by atoms with Crippen molar-refractivity contribution in [2.75, 3.05) is 0 Å². The average Bonchev–Trinajstić information content (AvgIpc) is 2.61. The van der Waals surface area contributed by atoms with Gasteiger partial charge in [0.2, 0.25) is 0 Å². The van der Waals surface area contributed by atoms with E-state index in [1.807, 2.05) is 61.5 Å². The van der Waals surface area contributed by atoms with Crippen LogP contribution in [0.15, 0.2) is 54.6 Å². The van der Waals surface area contributed by atoms with Crippen LogP contribution in [0.25, 0.3) is 22.6 Å². The minimum absolute atomic E-state index is 0. The molecule has 0 spiro atoms. The standard InChI is InChI=1S/C21H18ClNO3.Na.H/c1-13(16-4-3-5-19(11-16)26-14(2)21(24)25)10-18-9-7-15-6-8-17(22)12-20(15)23-18;;/h3-12,14H,1-2H3,(H,24,25);;/q;+1;-1/b13-10+;;. The number of aromatic nitrogens is 1. The smallest absolute Gasteiger partial charge is 1.00 e. The largest absolute Gasteiger partial charge is 1.00 e. The van der Waals surface area contributed by atoms with Crippen molar-refractivity contribution < 1.29 is 45.6 Å². The molecule has 0 aliphatic heterocycles. The third-order valence-electron chi connectivity index (χ3n) is 3.99. The van der Waals surface area contributed by atoms with E-state index in [0.717, 1.165) is 27.7 Å². The van der Waals surface area contributed by atoms with Crippen LogP contribution in [0, 0.1) is 0 Å². The van der Waals surface area contributed by atoms with Gasteiger partial charge in [-0.15, -0.1) is 0 Å². The summed E-state index contributed by atoms with van der Waals surface area (Å²) >= 11 is 6.04. The monoisotopic (exact) mass is 391 g/mol. The number of fused-ring (bicyclic) bond motifs is 1. The Morgan fingerprint density at radius 2 is 1.96 bits per heavy atom. The van der Waals surface area contributed by atoms with Gasteiger partial charge in [-0.25, -0.2) is 9.78 Å². The molecule has 3 rings (SSSR count). The molecule has 1 atom stereocenters. The molecule has 0 amide bonds. The van der Waals surface area contributed by atoms with Gasteiger partial charge >= 0.3 is 35.5 Å². The van der Waals surface area contributed by atoms with E-state index in [9.17, 15) is 4.79 Å². The van der Waals surface area contributed by atoms with Crippen LogP contribution in [0.5, 0.6) is 5.75 Å². The second kappa shape index (κ2) is 9.38. The molecule has 27 heavy (non-hydrogen) atoms. The Balaban J connectivity index is 0.00000196. The molecule has 1 aromatic heterocycles. The molecule has 0 saturated carbocycles. The Labute approximate surface area is 186 Å². The van der Waals surface area contributed by atoms with Gasteiger partial charge in [-0.3, -0.25) is 0 Å². The van der Waals surface area contributed by atoms with Crippen molar-refractivity contribution in [2.45, 2.75) is 20.0 Å². The number of pyridine rings is 1. The number of ether oxygens (including phenoxy) is 1. The van der Waals surface area contributed by atoms with Gasteiger partial charge in [0.15, 0.2) is 6.10 Å². The van der Waals surface area contributed by atoms with Crippen molar-refractivity contribution in [3.8, 4) is 5.75 Å². The Morgan fingerprint density at radius 1 is 1.22 bits per heavy atom. The van der Waals surface area contributed by atoms with Gasteiger partial charge < -0.3 is 11.3 Å². The average molecular weight is 392 g/mol. The summed E-state index contributed by atoms with van der Waals surface area (Å²) in [5, 5.41) is 10.7. The molecule has 1 unspecified atom stereocenters.